The largest absolute Gasteiger partial charge is 0.466 e. The average molecular weight is 346 g/mol. The van der Waals surface area contributed by atoms with Gasteiger partial charge in [-0.15, -0.1) is 0 Å². The van der Waals surface area contributed by atoms with Gasteiger partial charge >= 0.3 is 5.97 Å². The molecule has 0 saturated carbocycles. The Bertz CT molecular complexity index is 958. The summed E-state index contributed by atoms with van der Waals surface area (Å²) in [6.45, 7) is 3.20. The van der Waals surface area contributed by atoms with Crippen LogP contribution < -0.4 is 10.2 Å². The van der Waals surface area contributed by atoms with Crippen LogP contribution in [0, 0.1) is 15.3 Å². The third kappa shape index (κ3) is 2.57. The van der Waals surface area contributed by atoms with Crippen LogP contribution in [0.25, 0.3) is 11.0 Å². The van der Waals surface area contributed by atoms with Crippen molar-refractivity contribution >= 4 is 17.0 Å². The molecule has 0 spiro atoms. The summed E-state index contributed by atoms with van der Waals surface area (Å²) < 4.78 is 9.31. The maximum absolute atomic E-state index is 12.2. The van der Waals surface area contributed by atoms with Gasteiger partial charge in [0.2, 0.25) is 11.0 Å². The number of nitro groups is 1. The van der Waals surface area contributed by atoms with Gasteiger partial charge < -0.3 is 15.3 Å². The van der Waals surface area contributed by atoms with E-state index in [0.29, 0.717) is 17.0 Å². The number of methoxy groups -OCH3 is 1. The summed E-state index contributed by atoms with van der Waals surface area (Å²) in [6, 6.07) is 4.44. The molecule has 3 rings (SSSR count). The molecule has 10 nitrogen and oxygen atoms in total. The van der Waals surface area contributed by atoms with Gasteiger partial charge in [0.1, 0.15) is 5.92 Å². The van der Waals surface area contributed by atoms with Crippen LogP contribution in [-0.4, -0.2) is 23.2 Å². The number of esters is 1. The van der Waals surface area contributed by atoms with Gasteiger partial charge in [-0.3, -0.25) is 14.7 Å². The summed E-state index contributed by atoms with van der Waals surface area (Å²) in [5, 5.41) is 29.5. The quantitative estimate of drug-likeness (QED) is 0.378. The fourth-order valence-corrected chi connectivity index (χ4v) is 3.00. The first-order chi connectivity index (χ1) is 11.8. The molecule has 0 aliphatic carbocycles. The zero-order valence-electron chi connectivity index (χ0n) is 13.6. The Morgan fingerprint density at radius 1 is 1.40 bits per heavy atom. The zero-order valence-corrected chi connectivity index (χ0v) is 13.6. The molecule has 1 aliphatic rings. The Kier molecular flexibility index (Phi) is 3.87. The summed E-state index contributed by atoms with van der Waals surface area (Å²) in [6.07, 6.45) is 0. The van der Waals surface area contributed by atoms with Crippen molar-refractivity contribution in [1.82, 2.24) is 10.5 Å². The lowest BCUT2D eigenvalue weighted by Gasteiger charge is -2.25. The molecule has 0 amide bonds. The molecule has 130 valence electrons. The third-order valence-corrected chi connectivity index (χ3v) is 4.07. The first-order valence-corrected chi connectivity index (χ1v) is 7.25. The molecule has 0 bridgehead atoms. The van der Waals surface area contributed by atoms with Crippen molar-refractivity contribution < 1.29 is 24.0 Å². The van der Waals surface area contributed by atoms with E-state index in [-0.39, 0.29) is 27.2 Å². The van der Waals surface area contributed by atoms with Gasteiger partial charge in [-0.05, 0) is 30.4 Å². The number of carbonyl (C=O) groups excluding carboxylic acids is 1. The Morgan fingerprint density at radius 3 is 2.76 bits per heavy atom. The Labute approximate surface area is 141 Å². The lowest BCUT2D eigenvalue weighted by Crippen LogP contribution is -2.31. The normalized spacial score (nSPS) is 17.6. The van der Waals surface area contributed by atoms with E-state index in [2.05, 4.69) is 15.1 Å². The second kappa shape index (κ2) is 5.89. The van der Waals surface area contributed by atoms with Crippen LogP contribution in [0.3, 0.4) is 0 Å². The van der Waals surface area contributed by atoms with Crippen molar-refractivity contribution in [3.05, 3.63) is 61.7 Å². The average Bonchev–Trinajstić information content (AvgIpc) is 2.93. The van der Waals surface area contributed by atoms with E-state index in [1.807, 2.05) is 0 Å². The Morgan fingerprint density at radius 2 is 2.12 bits per heavy atom. The molecule has 0 saturated heterocycles. The second-order valence-corrected chi connectivity index (χ2v) is 5.53. The van der Waals surface area contributed by atoms with Crippen LogP contribution in [0.15, 0.2) is 45.5 Å². The number of aromatic nitrogens is 2. The molecule has 1 aliphatic heterocycles. The Hall–Kier alpha value is -3.43. The summed E-state index contributed by atoms with van der Waals surface area (Å²) in [4.78, 5) is 23.6. The first-order valence-electron chi connectivity index (χ1n) is 7.25. The summed E-state index contributed by atoms with van der Waals surface area (Å²) >= 11 is 0. The molecule has 1 atom stereocenters. The highest BCUT2D eigenvalue weighted by atomic mass is 16.8. The smallest absolute Gasteiger partial charge is 0.336 e. The lowest BCUT2D eigenvalue weighted by molar-refractivity contribution is -0.782. The topological polar surface area (TPSA) is 134 Å². The highest BCUT2D eigenvalue weighted by molar-refractivity contribution is 5.92. The van der Waals surface area contributed by atoms with Crippen molar-refractivity contribution in [3.63, 3.8) is 0 Å². The number of fused-ring (bicyclic) bond motifs is 1. The van der Waals surface area contributed by atoms with E-state index in [1.165, 1.54) is 25.3 Å². The van der Waals surface area contributed by atoms with E-state index in [1.54, 1.807) is 13.8 Å². The molecule has 1 aromatic carbocycles. The van der Waals surface area contributed by atoms with Gasteiger partial charge in [-0.2, -0.15) is 0 Å². The van der Waals surface area contributed by atoms with Crippen molar-refractivity contribution in [1.29, 1.82) is 0 Å². The highest BCUT2D eigenvalue weighted by Crippen LogP contribution is 2.39. The molecular formula is C15H14N4O6. The number of allylic oxidation sites excluding steroid dienone is 3. The molecule has 10 heteroatoms. The SMILES string of the molecule is COC(=O)C1=C(C)NC(C)=C([N+](=O)[O-])[C@H]1c1ccc2c(c1)no[n+]2[O-]. The molecule has 1 N–H and O–H groups in total. The van der Waals surface area contributed by atoms with E-state index >= 15 is 0 Å². The van der Waals surface area contributed by atoms with E-state index in [9.17, 15) is 20.1 Å². The van der Waals surface area contributed by atoms with Crippen LogP contribution >= 0.6 is 0 Å². The van der Waals surface area contributed by atoms with Gasteiger partial charge in [0.15, 0.2) is 0 Å². The number of carbonyl (C=O) groups is 1. The predicted octanol–water partition coefficient (Wildman–Crippen LogP) is 1.10. The van der Waals surface area contributed by atoms with Crippen molar-refractivity contribution in [2.45, 2.75) is 19.8 Å². The van der Waals surface area contributed by atoms with Gasteiger partial charge in [0.25, 0.3) is 5.70 Å². The number of benzene rings is 1. The standard InChI is InChI=1S/C15H14N4O6/c1-7-12(15(20)24-3)13(14(18(21)22)8(2)16-7)9-4-5-11-10(6-9)17-25-19(11)23/h4-6,13,16H,1-3H3/t13-/m0/s1. The fourth-order valence-electron chi connectivity index (χ4n) is 3.00. The van der Waals surface area contributed by atoms with E-state index in [0.717, 1.165) is 0 Å². The maximum Gasteiger partial charge on any atom is 0.336 e. The molecule has 0 fully saturated rings. The summed E-state index contributed by atoms with van der Waals surface area (Å²) in [7, 11) is 1.21. The highest BCUT2D eigenvalue weighted by Gasteiger charge is 2.41. The van der Waals surface area contributed by atoms with Crippen LogP contribution in [0.1, 0.15) is 25.3 Å². The van der Waals surface area contributed by atoms with Crippen molar-refractivity contribution in [2.75, 3.05) is 7.11 Å². The first kappa shape index (κ1) is 16.4. The van der Waals surface area contributed by atoms with Crippen LogP contribution in [-0.2, 0) is 9.53 Å². The van der Waals surface area contributed by atoms with Gasteiger partial charge in [-0.1, -0.05) is 6.07 Å². The molecule has 2 aromatic rings. The minimum atomic E-state index is -0.968. The second-order valence-electron chi connectivity index (χ2n) is 5.53. The summed E-state index contributed by atoms with van der Waals surface area (Å²) in [5.74, 6) is -1.65. The zero-order chi connectivity index (χ0) is 18.3. The van der Waals surface area contributed by atoms with Crippen LogP contribution in [0.2, 0.25) is 0 Å². The fraction of sp³-hybridized carbons (Fsp3) is 0.267. The molecule has 25 heavy (non-hydrogen) atoms. The van der Waals surface area contributed by atoms with Crippen LogP contribution in [0.4, 0.5) is 0 Å². The molecule has 0 unspecified atom stereocenters. The number of rotatable bonds is 3. The number of hydrogen-bond donors (Lipinski definition) is 1. The van der Waals surface area contributed by atoms with E-state index < -0.39 is 16.8 Å². The minimum absolute atomic E-state index is 0.123. The Balaban J connectivity index is 2.25. The van der Waals surface area contributed by atoms with Crippen molar-refractivity contribution in [3.8, 4) is 0 Å². The number of ether oxygens (including phenoxy) is 1. The third-order valence-electron chi connectivity index (χ3n) is 4.07. The minimum Gasteiger partial charge on any atom is -0.466 e. The molecular weight excluding hydrogens is 332 g/mol. The molecule has 0 radical (unpaired) electrons. The van der Waals surface area contributed by atoms with E-state index in [4.69, 9.17) is 4.74 Å². The maximum atomic E-state index is 12.2. The predicted molar refractivity (Wildman–Crippen MR) is 83.3 cm³/mol. The number of hydrogen-bond acceptors (Lipinski definition) is 8. The van der Waals surface area contributed by atoms with Crippen molar-refractivity contribution in [2.24, 2.45) is 0 Å². The molecule has 1 aromatic heterocycles. The van der Waals surface area contributed by atoms with Gasteiger partial charge in [-0.25, -0.2) is 4.79 Å². The van der Waals surface area contributed by atoms with Gasteiger partial charge in [0, 0.05) is 16.9 Å². The summed E-state index contributed by atoms with van der Waals surface area (Å²) in [5.41, 5.74) is 1.56. The molecule has 2 heterocycles. The monoisotopic (exact) mass is 346 g/mol. The lowest BCUT2D eigenvalue weighted by atomic mass is 9.84. The van der Waals surface area contributed by atoms with Gasteiger partial charge in [0.05, 0.1) is 23.3 Å². The number of nitrogens with zero attached hydrogens (tertiary/aromatic N) is 3. The van der Waals surface area contributed by atoms with Crippen LogP contribution in [0.5, 0.6) is 0 Å². The number of dihydropyridines is 1. The number of nitrogens with one attached hydrogen (secondary N) is 1.